The maximum Gasteiger partial charge on any atom is 0.142 e. The monoisotopic (exact) mass is 215 g/mol. The number of nitriles is 1. The van der Waals surface area contributed by atoms with Gasteiger partial charge in [-0.05, 0) is 34.5 Å². The van der Waals surface area contributed by atoms with Gasteiger partial charge in [-0.3, -0.25) is 0 Å². The molecular formula is C11H9N3S. The topological polar surface area (TPSA) is 48.7 Å². The lowest BCUT2D eigenvalue weighted by Gasteiger charge is -2.04. The Morgan fingerprint density at radius 3 is 3.13 bits per heavy atom. The lowest BCUT2D eigenvalue weighted by atomic mass is 10.3. The minimum atomic E-state index is 0.435. The van der Waals surface area contributed by atoms with E-state index in [2.05, 4.69) is 21.7 Å². The van der Waals surface area contributed by atoms with Crippen molar-refractivity contribution in [2.24, 2.45) is 0 Å². The van der Waals surface area contributed by atoms with Crippen molar-refractivity contribution in [3.63, 3.8) is 0 Å². The van der Waals surface area contributed by atoms with Crippen LogP contribution in [0, 0.1) is 11.3 Å². The van der Waals surface area contributed by atoms with Crippen molar-refractivity contribution in [1.82, 2.24) is 4.98 Å². The summed E-state index contributed by atoms with van der Waals surface area (Å²) >= 11 is 1.68. The van der Waals surface area contributed by atoms with Gasteiger partial charge in [0, 0.05) is 18.4 Å². The lowest BCUT2D eigenvalue weighted by Crippen LogP contribution is -1.98. The number of hydrogen-bond acceptors (Lipinski definition) is 4. The zero-order chi connectivity index (χ0) is 10.5. The molecule has 3 nitrogen and oxygen atoms in total. The van der Waals surface area contributed by atoms with Gasteiger partial charge in [-0.2, -0.15) is 16.6 Å². The van der Waals surface area contributed by atoms with E-state index in [1.807, 2.05) is 17.5 Å². The molecule has 0 atom stereocenters. The van der Waals surface area contributed by atoms with Gasteiger partial charge < -0.3 is 5.32 Å². The first-order valence-electron chi connectivity index (χ1n) is 4.49. The molecule has 0 aromatic carbocycles. The molecule has 4 heteroatoms. The van der Waals surface area contributed by atoms with E-state index in [0.717, 1.165) is 12.2 Å². The highest BCUT2D eigenvalue weighted by atomic mass is 32.1. The van der Waals surface area contributed by atoms with E-state index >= 15 is 0 Å². The summed E-state index contributed by atoms with van der Waals surface area (Å²) in [4.78, 5) is 3.90. The van der Waals surface area contributed by atoms with Crippen molar-refractivity contribution >= 4 is 17.0 Å². The quantitative estimate of drug-likeness (QED) is 0.856. The zero-order valence-corrected chi connectivity index (χ0v) is 8.79. The van der Waals surface area contributed by atoms with E-state index in [0.29, 0.717) is 5.69 Å². The minimum absolute atomic E-state index is 0.435. The van der Waals surface area contributed by atoms with Gasteiger partial charge in [0.15, 0.2) is 0 Å². The fraction of sp³-hybridized carbons (Fsp3) is 0.0909. The van der Waals surface area contributed by atoms with Crippen molar-refractivity contribution in [1.29, 1.82) is 5.26 Å². The van der Waals surface area contributed by atoms with Gasteiger partial charge in [-0.15, -0.1) is 0 Å². The van der Waals surface area contributed by atoms with Crippen molar-refractivity contribution in [2.45, 2.75) is 6.54 Å². The van der Waals surface area contributed by atoms with Crippen molar-refractivity contribution in [2.75, 3.05) is 5.32 Å². The van der Waals surface area contributed by atoms with Crippen LogP contribution in [0.1, 0.15) is 11.3 Å². The van der Waals surface area contributed by atoms with Crippen LogP contribution >= 0.6 is 11.3 Å². The Labute approximate surface area is 92.0 Å². The van der Waals surface area contributed by atoms with Crippen LogP contribution in [0.5, 0.6) is 0 Å². The largest absolute Gasteiger partial charge is 0.381 e. The van der Waals surface area contributed by atoms with E-state index < -0.39 is 0 Å². The summed E-state index contributed by atoms with van der Waals surface area (Å²) in [6, 6.07) is 7.68. The van der Waals surface area contributed by atoms with Crippen LogP contribution in [0.4, 0.5) is 5.69 Å². The highest BCUT2D eigenvalue weighted by molar-refractivity contribution is 7.07. The number of aromatic nitrogens is 1. The summed E-state index contributed by atoms with van der Waals surface area (Å²) in [5, 5.41) is 16.1. The Bertz CT molecular complexity index is 471. The fourth-order valence-electron chi connectivity index (χ4n) is 1.20. The minimum Gasteiger partial charge on any atom is -0.381 e. The smallest absolute Gasteiger partial charge is 0.142 e. The molecule has 2 aromatic heterocycles. The van der Waals surface area contributed by atoms with Crippen LogP contribution in [0.3, 0.4) is 0 Å². The molecular weight excluding hydrogens is 206 g/mol. The third-order valence-corrected chi connectivity index (χ3v) is 2.68. The highest BCUT2D eigenvalue weighted by Crippen LogP contribution is 2.11. The van der Waals surface area contributed by atoms with Crippen LogP contribution in [0.25, 0.3) is 0 Å². The molecule has 0 unspecified atom stereocenters. The number of nitrogens with one attached hydrogen (secondary N) is 1. The van der Waals surface area contributed by atoms with Gasteiger partial charge in [-0.1, -0.05) is 0 Å². The van der Waals surface area contributed by atoms with Gasteiger partial charge >= 0.3 is 0 Å². The summed E-state index contributed by atoms with van der Waals surface area (Å²) in [6.45, 7) is 0.776. The molecule has 2 heterocycles. The van der Waals surface area contributed by atoms with E-state index in [4.69, 9.17) is 5.26 Å². The summed E-state index contributed by atoms with van der Waals surface area (Å²) < 4.78 is 0. The Balaban J connectivity index is 2.02. The predicted octanol–water partition coefficient (Wildman–Crippen LogP) is 2.63. The first kappa shape index (κ1) is 9.69. The highest BCUT2D eigenvalue weighted by Gasteiger charge is 1.96. The summed E-state index contributed by atoms with van der Waals surface area (Å²) in [6.07, 6.45) is 1.63. The number of rotatable bonds is 3. The third-order valence-electron chi connectivity index (χ3n) is 1.95. The van der Waals surface area contributed by atoms with Crippen molar-refractivity contribution < 1.29 is 0 Å². The Morgan fingerprint density at radius 1 is 1.47 bits per heavy atom. The van der Waals surface area contributed by atoms with Crippen molar-refractivity contribution in [3.05, 3.63) is 46.4 Å². The molecule has 0 aliphatic carbocycles. The van der Waals surface area contributed by atoms with Crippen LogP contribution in [-0.2, 0) is 6.54 Å². The lowest BCUT2D eigenvalue weighted by molar-refractivity contribution is 1.15. The summed E-state index contributed by atoms with van der Waals surface area (Å²) in [7, 11) is 0. The second-order valence-corrected chi connectivity index (χ2v) is 3.81. The van der Waals surface area contributed by atoms with Gasteiger partial charge in [0.05, 0.1) is 0 Å². The molecule has 0 saturated carbocycles. The first-order chi connectivity index (χ1) is 7.38. The molecule has 0 saturated heterocycles. The van der Waals surface area contributed by atoms with Crippen molar-refractivity contribution in [3.8, 4) is 6.07 Å². The molecule has 0 fully saturated rings. The SMILES string of the molecule is N#Cc1cc(NCc2ccsc2)ccn1. The molecule has 0 radical (unpaired) electrons. The van der Waals surface area contributed by atoms with Gasteiger partial charge in [-0.25, -0.2) is 4.98 Å². The summed E-state index contributed by atoms with van der Waals surface area (Å²) in [5.41, 5.74) is 2.60. The second kappa shape index (κ2) is 4.58. The van der Waals surface area contributed by atoms with Crippen LogP contribution in [0.2, 0.25) is 0 Å². The number of hydrogen-bond donors (Lipinski definition) is 1. The average molecular weight is 215 g/mol. The van der Waals surface area contributed by atoms with Gasteiger partial charge in [0.2, 0.25) is 0 Å². The van der Waals surface area contributed by atoms with E-state index in [1.165, 1.54) is 5.56 Å². The second-order valence-electron chi connectivity index (χ2n) is 3.03. The van der Waals surface area contributed by atoms with Crippen LogP contribution in [0.15, 0.2) is 35.2 Å². The Kier molecular flexibility index (Phi) is 2.96. The average Bonchev–Trinajstić information content (AvgIpc) is 2.79. The molecule has 15 heavy (non-hydrogen) atoms. The standard InChI is InChI=1S/C11H9N3S/c12-6-11-5-10(1-3-13-11)14-7-9-2-4-15-8-9/h1-5,8H,7H2,(H,13,14). The maximum absolute atomic E-state index is 8.68. The number of nitrogens with zero attached hydrogens (tertiary/aromatic N) is 2. The molecule has 2 rings (SSSR count). The fourth-order valence-corrected chi connectivity index (χ4v) is 1.87. The predicted molar refractivity (Wildman–Crippen MR) is 60.6 cm³/mol. The maximum atomic E-state index is 8.68. The number of thiophene rings is 1. The molecule has 0 spiro atoms. The van der Waals surface area contributed by atoms with Crippen LogP contribution < -0.4 is 5.32 Å². The molecule has 0 aliphatic rings. The van der Waals surface area contributed by atoms with Gasteiger partial charge in [0.25, 0.3) is 0 Å². The summed E-state index contributed by atoms with van der Waals surface area (Å²) in [5.74, 6) is 0. The first-order valence-corrected chi connectivity index (χ1v) is 5.44. The van der Waals surface area contributed by atoms with E-state index in [-0.39, 0.29) is 0 Å². The molecule has 0 aliphatic heterocycles. The Morgan fingerprint density at radius 2 is 2.40 bits per heavy atom. The normalized spacial score (nSPS) is 9.53. The number of anilines is 1. The molecule has 74 valence electrons. The van der Waals surface area contributed by atoms with Crippen LogP contribution in [-0.4, -0.2) is 4.98 Å². The number of pyridine rings is 1. The van der Waals surface area contributed by atoms with E-state index in [1.54, 1.807) is 23.6 Å². The zero-order valence-electron chi connectivity index (χ0n) is 7.97. The van der Waals surface area contributed by atoms with E-state index in [9.17, 15) is 0 Å². The molecule has 0 bridgehead atoms. The van der Waals surface area contributed by atoms with Gasteiger partial charge in [0.1, 0.15) is 11.8 Å². The molecule has 0 amide bonds. The molecule has 2 aromatic rings. The molecule has 1 N–H and O–H groups in total. The third kappa shape index (κ3) is 2.55. The Hall–Kier alpha value is -1.86.